The number of benzene rings is 1. The van der Waals surface area contributed by atoms with Gasteiger partial charge in [-0.2, -0.15) is 0 Å². The van der Waals surface area contributed by atoms with Crippen LogP contribution in [0.4, 0.5) is 0 Å². The summed E-state index contributed by atoms with van der Waals surface area (Å²) in [6.07, 6.45) is 1.29. The molecule has 0 saturated carbocycles. The molecule has 82 valence electrons. The van der Waals surface area contributed by atoms with Gasteiger partial charge in [-0.15, -0.1) is 0 Å². The van der Waals surface area contributed by atoms with Crippen LogP contribution in [0.25, 0.3) is 0 Å². The van der Waals surface area contributed by atoms with Crippen LogP contribution in [0, 0.1) is 0 Å². The molecule has 1 aromatic rings. The van der Waals surface area contributed by atoms with E-state index in [1.165, 1.54) is 0 Å². The van der Waals surface area contributed by atoms with Crippen LogP contribution in [0.1, 0.15) is 18.9 Å². The maximum atomic E-state index is 10.2. The van der Waals surface area contributed by atoms with E-state index in [0.717, 1.165) is 17.6 Å². The Bertz CT molecular complexity index is 292. The van der Waals surface area contributed by atoms with Gasteiger partial charge in [0.1, 0.15) is 12.0 Å². The molecule has 3 nitrogen and oxygen atoms in total. The van der Waals surface area contributed by atoms with Gasteiger partial charge in [-0.05, 0) is 24.6 Å². The Morgan fingerprint density at radius 2 is 2.00 bits per heavy atom. The molecule has 0 amide bonds. The molecule has 1 rings (SSSR count). The van der Waals surface area contributed by atoms with Crippen molar-refractivity contribution in [2.45, 2.75) is 26.1 Å². The average molecular weight is 208 g/mol. The second-order valence-corrected chi connectivity index (χ2v) is 3.37. The minimum absolute atomic E-state index is 0.0235. The Hall–Kier alpha value is -1.35. The number of carbonyl (C=O) groups excluding carboxylic acids is 1. The van der Waals surface area contributed by atoms with Crippen LogP contribution in [-0.4, -0.2) is 19.5 Å². The molecule has 0 aliphatic heterocycles. The molecular formula is C12H16O3. The Labute approximate surface area is 90.0 Å². The Balaban J connectivity index is 2.40. The second-order valence-electron chi connectivity index (χ2n) is 3.37. The van der Waals surface area contributed by atoms with E-state index in [1.54, 1.807) is 7.11 Å². The van der Waals surface area contributed by atoms with Crippen molar-refractivity contribution >= 4 is 6.29 Å². The minimum atomic E-state index is -0.0235. The van der Waals surface area contributed by atoms with E-state index in [4.69, 9.17) is 9.47 Å². The minimum Gasteiger partial charge on any atom is -0.497 e. The molecule has 0 N–H and O–H groups in total. The van der Waals surface area contributed by atoms with Crippen molar-refractivity contribution in [1.82, 2.24) is 0 Å². The van der Waals surface area contributed by atoms with Crippen LogP contribution in [0.2, 0.25) is 0 Å². The van der Waals surface area contributed by atoms with Gasteiger partial charge in [0.05, 0.1) is 19.8 Å². The van der Waals surface area contributed by atoms with Crippen molar-refractivity contribution in [3.05, 3.63) is 29.8 Å². The molecule has 0 bridgehead atoms. The Morgan fingerprint density at radius 1 is 1.33 bits per heavy atom. The lowest BCUT2D eigenvalue weighted by atomic mass is 10.2. The molecule has 0 aromatic heterocycles. The van der Waals surface area contributed by atoms with Gasteiger partial charge in [-0.1, -0.05) is 12.1 Å². The number of ether oxygens (including phenoxy) is 2. The monoisotopic (exact) mass is 208 g/mol. The summed E-state index contributed by atoms with van der Waals surface area (Å²) < 4.78 is 10.5. The molecule has 0 heterocycles. The van der Waals surface area contributed by atoms with Gasteiger partial charge in [0.25, 0.3) is 0 Å². The van der Waals surface area contributed by atoms with Gasteiger partial charge < -0.3 is 14.3 Å². The molecule has 0 saturated heterocycles. The topological polar surface area (TPSA) is 35.5 Å². The fourth-order valence-corrected chi connectivity index (χ4v) is 1.16. The van der Waals surface area contributed by atoms with Crippen molar-refractivity contribution in [1.29, 1.82) is 0 Å². The van der Waals surface area contributed by atoms with E-state index in [2.05, 4.69) is 0 Å². The highest BCUT2D eigenvalue weighted by Gasteiger charge is 2.01. The molecule has 0 aliphatic carbocycles. The lowest BCUT2D eigenvalue weighted by molar-refractivity contribution is -0.110. The van der Waals surface area contributed by atoms with Gasteiger partial charge >= 0.3 is 0 Å². The Morgan fingerprint density at radius 3 is 2.53 bits per heavy atom. The summed E-state index contributed by atoms with van der Waals surface area (Å²) in [6.45, 7) is 2.41. The molecule has 0 radical (unpaired) electrons. The summed E-state index contributed by atoms with van der Waals surface area (Å²) in [4.78, 5) is 10.2. The van der Waals surface area contributed by atoms with Crippen molar-refractivity contribution in [3.8, 4) is 5.75 Å². The molecule has 15 heavy (non-hydrogen) atoms. The zero-order valence-corrected chi connectivity index (χ0v) is 9.10. The second kappa shape index (κ2) is 6.19. The van der Waals surface area contributed by atoms with Crippen LogP contribution in [-0.2, 0) is 16.1 Å². The molecule has 0 spiro atoms. The Kier molecular flexibility index (Phi) is 4.84. The van der Waals surface area contributed by atoms with E-state index in [0.29, 0.717) is 13.0 Å². The number of hydrogen-bond acceptors (Lipinski definition) is 3. The van der Waals surface area contributed by atoms with Crippen molar-refractivity contribution in [2.24, 2.45) is 0 Å². The highest BCUT2D eigenvalue weighted by molar-refractivity contribution is 5.49. The summed E-state index contributed by atoms with van der Waals surface area (Å²) in [5.74, 6) is 0.833. The maximum absolute atomic E-state index is 10.2. The highest BCUT2D eigenvalue weighted by Crippen LogP contribution is 2.12. The zero-order valence-electron chi connectivity index (χ0n) is 9.10. The average Bonchev–Trinajstić information content (AvgIpc) is 2.27. The first kappa shape index (κ1) is 11.7. The lowest BCUT2D eigenvalue weighted by Gasteiger charge is -2.10. The molecule has 0 aliphatic rings. The number of carbonyl (C=O) groups is 1. The third-order valence-electron chi connectivity index (χ3n) is 2.12. The number of rotatable bonds is 6. The van der Waals surface area contributed by atoms with E-state index in [-0.39, 0.29) is 6.10 Å². The predicted octanol–water partition coefficient (Wildman–Crippen LogP) is 2.19. The quantitative estimate of drug-likeness (QED) is 0.672. The molecule has 0 unspecified atom stereocenters. The van der Waals surface area contributed by atoms with E-state index < -0.39 is 0 Å². The van der Waals surface area contributed by atoms with Crippen molar-refractivity contribution in [2.75, 3.05) is 7.11 Å². The smallest absolute Gasteiger partial charge is 0.122 e. The predicted molar refractivity (Wildman–Crippen MR) is 57.9 cm³/mol. The molecule has 0 fully saturated rings. The van der Waals surface area contributed by atoms with Crippen LogP contribution < -0.4 is 4.74 Å². The number of methoxy groups -OCH3 is 1. The molecular weight excluding hydrogens is 192 g/mol. The van der Waals surface area contributed by atoms with E-state index >= 15 is 0 Å². The van der Waals surface area contributed by atoms with Gasteiger partial charge in [-0.25, -0.2) is 0 Å². The van der Waals surface area contributed by atoms with Crippen LogP contribution >= 0.6 is 0 Å². The molecule has 1 aromatic carbocycles. The lowest BCUT2D eigenvalue weighted by Crippen LogP contribution is -2.08. The SMILES string of the molecule is COc1ccc(CO[C@H](C)CC=O)cc1. The fraction of sp³-hybridized carbons (Fsp3) is 0.417. The summed E-state index contributed by atoms with van der Waals surface area (Å²) in [5.41, 5.74) is 1.08. The first-order chi connectivity index (χ1) is 7.26. The number of hydrogen-bond donors (Lipinski definition) is 0. The number of aldehydes is 1. The van der Waals surface area contributed by atoms with Gasteiger partial charge in [0, 0.05) is 6.42 Å². The first-order valence-corrected chi connectivity index (χ1v) is 4.94. The van der Waals surface area contributed by atoms with Crippen molar-refractivity contribution < 1.29 is 14.3 Å². The fourth-order valence-electron chi connectivity index (χ4n) is 1.16. The van der Waals surface area contributed by atoms with Crippen molar-refractivity contribution in [3.63, 3.8) is 0 Å². The summed E-state index contributed by atoms with van der Waals surface area (Å²) >= 11 is 0. The molecule has 3 heteroatoms. The highest BCUT2D eigenvalue weighted by atomic mass is 16.5. The van der Waals surface area contributed by atoms with Gasteiger partial charge in [-0.3, -0.25) is 0 Å². The molecule has 1 atom stereocenters. The van der Waals surface area contributed by atoms with E-state index in [9.17, 15) is 4.79 Å². The van der Waals surface area contributed by atoms with Crippen LogP contribution in [0.15, 0.2) is 24.3 Å². The van der Waals surface area contributed by atoms with E-state index in [1.807, 2.05) is 31.2 Å². The summed E-state index contributed by atoms with van der Waals surface area (Å²) in [7, 11) is 1.64. The van der Waals surface area contributed by atoms with Crippen LogP contribution in [0.5, 0.6) is 5.75 Å². The van der Waals surface area contributed by atoms with Gasteiger partial charge in [0.15, 0.2) is 0 Å². The zero-order chi connectivity index (χ0) is 11.1. The van der Waals surface area contributed by atoms with Gasteiger partial charge in [0.2, 0.25) is 0 Å². The summed E-state index contributed by atoms with van der Waals surface area (Å²) in [6, 6.07) is 7.69. The summed E-state index contributed by atoms with van der Waals surface area (Å²) in [5, 5.41) is 0. The largest absolute Gasteiger partial charge is 0.497 e. The van der Waals surface area contributed by atoms with Crippen LogP contribution in [0.3, 0.4) is 0 Å². The third kappa shape index (κ3) is 4.13. The standard InChI is InChI=1S/C12H16O3/c1-10(7-8-13)15-9-11-3-5-12(14-2)6-4-11/h3-6,8,10H,7,9H2,1-2H3/t10-/m1/s1. The first-order valence-electron chi connectivity index (χ1n) is 4.94. The third-order valence-corrected chi connectivity index (χ3v) is 2.12. The maximum Gasteiger partial charge on any atom is 0.122 e. The normalized spacial score (nSPS) is 12.1.